The van der Waals surface area contributed by atoms with E-state index in [-0.39, 0.29) is 0 Å². The molecule has 1 atom stereocenters. The van der Waals surface area contributed by atoms with Gasteiger partial charge < -0.3 is 9.84 Å². The summed E-state index contributed by atoms with van der Waals surface area (Å²) in [5, 5.41) is 11.9. The fourth-order valence-electron chi connectivity index (χ4n) is 1.07. The average Bonchev–Trinajstić information content (AvgIpc) is 2.49. The Morgan fingerprint density at radius 3 is 2.77 bits per heavy atom. The maximum Gasteiger partial charge on any atom is 0.190 e. The third kappa shape index (κ3) is 2.79. The van der Waals surface area contributed by atoms with Crippen molar-refractivity contribution < 1.29 is 9.84 Å². The Morgan fingerprint density at radius 2 is 2.31 bits per heavy atom. The molecule has 0 amide bonds. The molecule has 3 heteroatoms. The van der Waals surface area contributed by atoms with Crippen molar-refractivity contribution in [2.24, 2.45) is 0 Å². The standard InChI is InChI=1S/C10H16O2S/c1-4-5-12-10(3,11)9-6-8(2)13-7-9/h6-7,11H,4-5H2,1-3H3. The maximum atomic E-state index is 9.91. The molecule has 0 saturated carbocycles. The van der Waals surface area contributed by atoms with Gasteiger partial charge in [-0.15, -0.1) is 11.3 Å². The van der Waals surface area contributed by atoms with Gasteiger partial charge >= 0.3 is 0 Å². The van der Waals surface area contributed by atoms with E-state index in [1.54, 1.807) is 18.3 Å². The molecule has 1 rings (SSSR count). The number of rotatable bonds is 4. The van der Waals surface area contributed by atoms with Crippen LogP contribution in [-0.2, 0) is 10.5 Å². The largest absolute Gasteiger partial charge is 0.362 e. The molecule has 13 heavy (non-hydrogen) atoms. The van der Waals surface area contributed by atoms with Gasteiger partial charge in [0.1, 0.15) is 0 Å². The molecule has 2 nitrogen and oxygen atoms in total. The second-order valence-electron chi connectivity index (χ2n) is 3.28. The van der Waals surface area contributed by atoms with E-state index in [9.17, 15) is 5.11 Å². The summed E-state index contributed by atoms with van der Waals surface area (Å²) in [4.78, 5) is 1.19. The van der Waals surface area contributed by atoms with Gasteiger partial charge in [-0.2, -0.15) is 0 Å². The van der Waals surface area contributed by atoms with Crippen LogP contribution in [0, 0.1) is 6.92 Å². The van der Waals surface area contributed by atoms with Crippen LogP contribution in [0.4, 0.5) is 0 Å². The summed E-state index contributed by atoms with van der Waals surface area (Å²) in [6.45, 7) is 6.31. The SMILES string of the molecule is CCCOC(C)(O)c1csc(C)c1. The fourth-order valence-corrected chi connectivity index (χ4v) is 1.87. The lowest BCUT2D eigenvalue weighted by Crippen LogP contribution is -2.24. The van der Waals surface area contributed by atoms with Crippen molar-refractivity contribution in [3.63, 3.8) is 0 Å². The first-order chi connectivity index (χ1) is 6.06. The molecule has 74 valence electrons. The highest BCUT2D eigenvalue weighted by Gasteiger charge is 2.24. The lowest BCUT2D eigenvalue weighted by molar-refractivity contribution is -0.198. The van der Waals surface area contributed by atoms with Crippen LogP contribution in [0.1, 0.15) is 30.7 Å². The molecule has 1 N–H and O–H groups in total. The summed E-state index contributed by atoms with van der Waals surface area (Å²) in [6, 6.07) is 1.96. The van der Waals surface area contributed by atoms with Crippen LogP contribution >= 0.6 is 11.3 Å². The zero-order chi connectivity index (χ0) is 9.90. The van der Waals surface area contributed by atoms with Gasteiger partial charge in [0.15, 0.2) is 5.79 Å². The van der Waals surface area contributed by atoms with Crippen molar-refractivity contribution in [3.05, 3.63) is 21.9 Å². The molecule has 0 aliphatic heterocycles. The molecule has 1 heterocycles. The van der Waals surface area contributed by atoms with Crippen molar-refractivity contribution in [2.45, 2.75) is 33.0 Å². The summed E-state index contributed by atoms with van der Waals surface area (Å²) >= 11 is 1.62. The molecule has 0 fully saturated rings. The molecule has 1 aromatic rings. The minimum atomic E-state index is -1.12. The first kappa shape index (κ1) is 10.7. The van der Waals surface area contributed by atoms with Gasteiger partial charge in [-0.25, -0.2) is 0 Å². The number of aliphatic hydroxyl groups is 1. The first-order valence-corrected chi connectivity index (χ1v) is 5.36. The van der Waals surface area contributed by atoms with E-state index < -0.39 is 5.79 Å². The topological polar surface area (TPSA) is 29.5 Å². The summed E-state index contributed by atoms with van der Waals surface area (Å²) in [5.74, 6) is -1.12. The fraction of sp³-hybridized carbons (Fsp3) is 0.600. The van der Waals surface area contributed by atoms with Gasteiger partial charge in [0.2, 0.25) is 0 Å². The molecule has 0 radical (unpaired) electrons. The Labute approximate surface area is 83.2 Å². The number of aryl methyl sites for hydroxylation is 1. The molecule has 0 aliphatic rings. The number of thiophene rings is 1. The number of hydrogen-bond acceptors (Lipinski definition) is 3. The van der Waals surface area contributed by atoms with E-state index in [4.69, 9.17) is 4.74 Å². The molecule has 0 bridgehead atoms. The Bertz CT molecular complexity index is 266. The highest BCUT2D eigenvalue weighted by Crippen LogP contribution is 2.26. The van der Waals surface area contributed by atoms with Crippen molar-refractivity contribution in [3.8, 4) is 0 Å². The van der Waals surface area contributed by atoms with Gasteiger partial charge in [0.25, 0.3) is 0 Å². The van der Waals surface area contributed by atoms with Crippen molar-refractivity contribution in [1.82, 2.24) is 0 Å². The summed E-state index contributed by atoms with van der Waals surface area (Å²) in [5.41, 5.74) is 0.850. The van der Waals surface area contributed by atoms with Crippen LogP contribution in [0.3, 0.4) is 0 Å². The predicted molar refractivity (Wildman–Crippen MR) is 54.9 cm³/mol. The molecule has 0 saturated heterocycles. The lowest BCUT2D eigenvalue weighted by atomic mass is 10.1. The second kappa shape index (κ2) is 4.22. The monoisotopic (exact) mass is 200 g/mol. The summed E-state index contributed by atoms with van der Waals surface area (Å²) < 4.78 is 5.34. The van der Waals surface area contributed by atoms with E-state index in [2.05, 4.69) is 0 Å². The second-order valence-corrected chi connectivity index (χ2v) is 4.39. The third-order valence-electron chi connectivity index (χ3n) is 1.85. The molecule has 0 aromatic carbocycles. The predicted octanol–water partition coefficient (Wildman–Crippen LogP) is 2.65. The minimum absolute atomic E-state index is 0.585. The van der Waals surface area contributed by atoms with E-state index >= 15 is 0 Å². The average molecular weight is 200 g/mol. The molecule has 1 aromatic heterocycles. The number of ether oxygens (including phenoxy) is 1. The maximum absolute atomic E-state index is 9.91. The van der Waals surface area contributed by atoms with Crippen molar-refractivity contribution in [1.29, 1.82) is 0 Å². The molecule has 0 aliphatic carbocycles. The quantitative estimate of drug-likeness (QED) is 0.757. The van der Waals surface area contributed by atoms with Crippen LogP contribution in [-0.4, -0.2) is 11.7 Å². The highest BCUT2D eigenvalue weighted by molar-refractivity contribution is 7.10. The normalized spacial score (nSPS) is 15.7. The molecule has 0 spiro atoms. The van der Waals surface area contributed by atoms with Gasteiger partial charge in [-0.3, -0.25) is 0 Å². The molecule has 1 unspecified atom stereocenters. The number of hydrogen-bond donors (Lipinski definition) is 1. The van der Waals surface area contributed by atoms with Crippen LogP contribution < -0.4 is 0 Å². The Balaban J connectivity index is 2.68. The van der Waals surface area contributed by atoms with E-state index in [1.165, 1.54) is 4.88 Å². The zero-order valence-corrected chi connectivity index (χ0v) is 9.15. The Morgan fingerprint density at radius 1 is 1.62 bits per heavy atom. The third-order valence-corrected chi connectivity index (χ3v) is 2.71. The Kier molecular flexibility index (Phi) is 3.47. The van der Waals surface area contributed by atoms with Crippen molar-refractivity contribution in [2.75, 3.05) is 6.61 Å². The van der Waals surface area contributed by atoms with Gasteiger partial charge in [0.05, 0.1) is 6.61 Å². The Hall–Kier alpha value is -0.380. The summed E-state index contributed by atoms with van der Waals surface area (Å²) in [6.07, 6.45) is 0.916. The summed E-state index contributed by atoms with van der Waals surface area (Å²) in [7, 11) is 0. The van der Waals surface area contributed by atoms with E-state index in [1.807, 2.05) is 25.3 Å². The smallest absolute Gasteiger partial charge is 0.190 e. The van der Waals surface area contributed by atoms with Gasteiger partial charge in [-0.05, 0) is 31.7 Å². The molecular weight excluding hydrogens is 184 g/mol. The van der Waals surface area contributed by atoms with Gasteiger partial charge in [0, 0.05) is 10.4 Å². The van der Waals surface area contributed by atoms with Crippen LogP contribution in [0.15, 0.2) is 11.4 Å². The zero-order valence-electron chi connectivity index (χ0n) is 8.33. The first-order valence-electron chi connectivity index (χ1n) is 4.48. The highest BCUT2D eigenvalue weighted by atomic mass is 32.1. The van der Waals surface area contributed by atoms with Crippen molar-refractivity contribution >= 4 is 11.3 Å². The lowest BCUT2D eigenvalue weighted by Gasteiger charge is -2.22. The van der Waals surface area contributed by atoms with E-state index in [0.717, 1.165) is 12.0 Å². The van der Waals surface area contributed by atoms with Crippen LogP contribution in [0.25, 0.3) is 0 Å². The minimum Gasteiger partial charge on any atom is -0.362 e. The van der Waals surface area contributed by atoms with E-state index in [0.29, 0.717) is 6.61 Å². The van der Waals surface area contributed by atoms with Gasteiger partial charge in [-0.1, -0.05) is 6.92 Å². The van der Waals surface area contributed by atoms with Crippen LogP contribution in [0.2, 0.25) is 0 Å². The molecular formula is C10H16O2S. The van der Waals surface area contributed by atoms with Crippen LogP contribution in [0.5, 0.6) is 0 Å².